The Kier molecular flexibility index (Phi) is 3.74. The number of nitrogens with one attached hydrogen (secondary N) is 1. The van der Waals surface area contributed by atoms with Gasteiger partial charge in [0.15, 0.2) is 5.69 Å². The minimum atomic E-state index is -3.52. The molecule has 0 aliphatic rings. The Morgan fingerprint density at radius 1 is 1.44 bits per heavy atom. The van der Waals surface area contributed by atoms with Gasteiger partial charge in [0, 0.05) is 6.54 Å². The molecule has 0 aromatic carbocycles. The molecule has 4 N–H and O–H groups in total. The summed E-state index contributed by atoms with van der Waals surface area (Å²) in [6.45, 7) is 0.0833. The van der Waals surface area contributed by atoms with Crippen molar-refractivity contribution in [3.63, 3.8) is 0 Å². The van der Waals surface area contributed by atoms with Crippen LogP contribution in [0.1, 0.15) is 10.5 Å². The molecule has 0 aliphatic carbocycles. The maximum Gasteiger partial charge on any atom is 0.356 e. The smallest absolute Gasteiger partial charge is 0.356 e. The topological polar surface area (TPSA) is 135 Å². The third kappa shape index (κ3) is 4.19. The molecule has 0 radical (unpaired) electrons. The van der Waals surface area contributed by atoms with Crippen LogP contribution in [0.15, 0.2) is 12.1 Å². The summed E-state index contributed by atoms with van der Waals surface area (Å²) in [6, 6.07) is 2.65. The molecule has 9 heteroatoms. The molecule has 8 nitrogen and oxygen atoms in total. The van der Waals surface area contributed by atoms with Crippen LogP contribution in [0.2, 0.25) is 0 Å². The van der Waals surface area contributed by atoms with Crippen LogP contribution in [0.3, 0.4) is 0 Å². The number of primary sulfonamides is 1. The molecule has 1 heterocycles. The number of carboxylic acids is 1. The van der Waals surface area contributed by atoms with Crippen molar-refractivity contribution in [1.82, 2.24) is 10.2 Å². The fraction of sp³-hybridized carbons (Fsp3) is 0.286. The molecule has 0 aliphatic heterocycles. The van der Waals surface area contributed by atoms with Crippen LogP contribution in [0.25, 0.3) is 0 Å². The van der Waals surface area contributed by atoms with Crippen LogP contribution in [0, 0.1) is 0 Å². The van der Waals surface area contributed by atoms with E-state index in [-0.39, 0.29) is 23.8 Å². The summed E-state index contributed by atoms with van der Waals surface area (Å²) in [5, 5.41) is 22.9. The van der Waals surface area contributed by atoms with Crippen molar-refractivity contribution in [2.45, 2.75) is 0 Å². The molecular weight excluding hydrogens is 236 g/mol. The molecule has 0 bridgehead atoms. The van der Waals surface area contributed by atoms with Crippen molar-refractivity contribution in [1.29, 1.82) is 0 Å². The van der Waals surface area contributed by atoms with Gasteiger partial charge < -0.3 is 10.4 Å². The Bertz CT molecular complexity index is 470. The summed E-state index contributed by atoms with van der Waals surface area (Å²) < 4.78 is 21.2. The van der Waals surface area contributed by atoms with Gasteiger partial charge in [-0.2, -0.15) is 0 Å². The number of sulfonamides is 1. The van der Waals surface area contributed by atoms with Crippen molar-refractivity contribution >= 4 is 21.8 Å². The summed E-state index contributed by atoms with van der Waals surface area (Å²) in [5.74, 6) is -1.13. The fourth-order valence-corrected chi connectivity index (χ4v) is 1.25. The maximum absolute atomic E-state index is 10.6. The van der Waals surface area contributed by atoms with Crippen LogP contribution in [0.5, 0.6) is 0 Å². The van der Waals surface area contributed by atoms with Crippen molar-refractivity contribution in [2.75, 3.05) is 17.6 Å². The molecule has 16 heavy (non-hydrogen) atoms. The largest absolute Gasteiger partial charge is 0.476 e. The number of rotatable bonds is 5. The van der Waals surface area contributed by atoms with Gasteiger partial charge in [-0.1, -0.05) is 0 Å². The SMILES string of the molecule is NS(=O)(=O)CCNc1ccc(C(=O)O)nn1. The average molecular weight is 246 g/mol. The number of aromatic nitrogens is 2. The van der Waals surface area contributed by atoms with E-state index >= 15 is 0 Å². The van der Waals surface area contributed by atoms with Gasteiger partial charge in [0.25, 0.3) is 0 Å². The van der Waals surface area contributed by atoms with E-state index in [1.807, 2.05) is 0 Å². The van der Waals surface area contributed by atoms with Crippen LogP contribution < -0.4 is 10.5 Å². The molecular formula is C7H10N4O4S. The minimum absolute atomic E-state index is 0.0833. The van der Waals surface area contributed by atoms with E-state index in [0.717, 1.165) is 0 Å². The van der Waals surface area contributed by atoms with Crippen molar-refractivity contribution in [3.8, 4) is 0 Å². The van der Waals surface area contributed by atoms with Crippen LogP contribution in [-0.4, -0.2) is 42.0 Å². The second kappa shape index (κ2) is 4.86. The standard InChI is InChI=1S/C7H10N4O4S/c8-16(14,15)4-3-9-6-2-1-5(7(12)13)10-11-6/h1-2H,3-4H2,(H,9,11)(H,12,13)(H2,8,14,15). The number of carboxylic acid groups (broad SMARTS) is 1. The highest BCUT2D eigenvalue weighted by atomic mass is 32.2. The van der Waals surface area contributed by atoms with E-state index in [9.17, 15) is 13.2 Å². The Morgan fingerprint density at radius 3 is 2.56 bits per heavy atom. The van der Waals surface area contributed by atoms with Gasteiger partial charge in [0.05, 0.1) is 5.75 Å². The van der Waals surface area contributed by atoms with Crippen LogP contribution in [0.4, 0.5) is 5.82 Å². The Morgan fingerprint density at radius 2 is 2.12 bits per heavy atom. The highest BCUT2D eigenvalue weighted by Crippen LogP contribution is 2.01. The first-order valence-corrected chi connectivity index (χ1v) is 5.91. The first-order chi connectivity index (χ1) is 7.38. The lowest BCUT2D eigenvalue weighted by Crippen LogP contribution is -2.22. The molecule has 0 saturated heterocycles. The lowest BCUT2D eigenvalue weighted by atomic mass is 10.4. The average Bonchev–Trinajstić information content (AvgIpc) is 2.16. The lowest BCUT2D eigenvalue weighted by Gasteiger charge is -2.03. The van der Waals surface area contributed by atoms with E-state index in [1.165, 1.54) is 12.1 Å². The van der Waals surface area contributed by atoms with Gasteiger partial charge in [-0.3, -0.25) is 0 Å². The molecule has 0 unspecified atom stereocenters. The zero-order valence-electron chi connectivity index (χ0n) is 8.12. The molecule has 0 saturated carbocycles. The summed E-state index contributed by atoms with van der Waals surface area (Å²) in [5.41, 5.74) is -0.183. The number of anilines is 1. The van der Waals surface area contributed by atoms with Crippen molar-refractivity contribution in [2.24, 2.45) is 5.14 Å². The first kappa shape index (κ1) is 12.3. The number of hydrogen-bond acceptors (Lipinski definition) is 6. The van der Waals surface area contributed by atoms with Crippen molar-refractivity contribution in [3.05, 3.63) is 17.8 Å². The highest BCUT2D eigenvalue weighted by Gasteiger charge is 2.05. The quantitative estimate of drug-likeness (QED) is 0.598. The normalized spacial score (nSPS) is 11.1. The molecule has 1 aromatic rings. The van der Waals surface area contributed by atoms with Gasteiger partial charge in [0.2, 0.25) is 10.0 Å². The predicted molar refractivity (Wildman–Crippen MR) is 55.5 cm³/mol. The van der Waals surface area contributed by atoms with E-state index in [1.54, 1.807) is 0 Å². The summed E-state index contributed by atoms with van der Waals surface area (Å²) in [6.07, 6.45) is 0. The van der Waals surface area contributed by atoms with Crippen molar-refractivity contribution < 1.29 is 18.3 Å². The summed E-state index contributed by atoms with van der Waals surface area (Å²) in [7, 11) is -3.52. The minimum Gasteiger partial charge on any atom is -0.476 e. The monoisotopic (exact) mass is 246 g/mol. The van der Waals surface area contributed by atoms with E-state index in [2.05, 4.69) is 15.5 Å². The van der Waals surface area contributed by atoms with Gasteiger partial charge in [-0.25, -0.2) is 18.4 Å². The maximum atomic E-state index is 10.6. The predicted octanol–water partition coefficient (Wildman–Crippen LogP) is -1.12. The molecule has 0 atom stereocenters. The first-order valence-electron chi connectivity index (χ1n) is 4.20. The van der Waals surface area contributed by atoms with Gasteiger partial charge >= 0.3 is 5.97 Å². The molecule has 1 aromatic heterocycles. The third-order valence-corrected chi connectivity index (χ3v) is 2.35. The summed E-state index contributed by atoms with van der Waals surface area (Å²) in [4.78, 5) is 10.4. The Balaban J connectivity index is 2.53. The summed E-state index contributed by atoms with van der Waals surface area (Å²) >= 11 is 0. The zero-order valence-corrected chi connectivity index (χ0v) is 8.94. The number of hydrogen-bond donors (Lipinski definition) is 3. The Hall–Kier alpha value is -1.74. The van der Waals surface area contributed by atoms with Gasteiger partial charge in [0.1, 0.15) is 5.82 Å². The van der Waals surface area contributed by atoms with E-state index < -0.39 is 16.0 Å². The third-order valence-electron chi connectivity index (χ3n) is 1.58. The molecule has 0 spiro atoms. The molecule has 1 rings (SSSR count). The Labute approximate surface area is 91.5 Å². The number of carbonyl (C=O) groups is 1. The zero-order chi connectivity index (χ0) is 12.2. The van der Waals surface area contributed by atoms with E-state index in [0.29, 0.717) is 0 Å². The molecule has 0 fully saturated rings. The second-order valence-corrected chi connectivity index (χ2v) is 4.64. The highest BCUT2D eigenvalue weighted by molar-refractivity contribution is 7.89. The molecule has 88 valence electrons. The van der Waals surface area contributed by atoms with Gasteiger partial charge in [-0.05, 0) is 12.1 Å². The lowest BCUT2D eigenvalue weighted by molar-refractivity contribution is 0.0689. The van der Waals surface area contributed by atoms with Gasteiger partial charge in [-0.15, -0.1) is 10.2 Å². The number of nitrogens with two attached hydrogens (primary N) is 1. The second-order valence-electron chi connectivity index (χ2n) is 2.90. The van der Waals surface area contributed by atoms with Crippen LogP contribution >= 0.6 is 0 Å². The fourth-order valence-electron chi connectivity index (χ4n) is 0.862. The van der Waals surface area contributed by atoms with Crippen LogP contribution in [-0.2, 0) is 10.0 Å². The van der Waals surface area contributed by atoms with E-state index in [4.69, 9.17) is 10.2 Å². The number of nitrogens with zero attached hydrogens (tertiary/aromatic N) is 2. The molecule has 0 amide bonds. The number of aromatic carboxylic acids is 1.